The molecule has 0 aromatic heterocycles. The van der Waals surface area contributed by atoms with Crippen molar-refractivity contribution >= 4 is 12.4 Å². The van der Waals surface area contributed by atoms with Gasteiger partial charge in [-0.1, -0.05) is 30.3 Å². The first-order chi connectivity index (χ1) is 10.9. The van der Waals surface area contributed by atoms with Crippen LogP contribution in [0.25, 0.3) is 0 Å². The lowest BCUT2D eigenvalue weighted by molar-refractivity contribution is -0.111. The molecule has 23 heavy (non-hydrogen) atoms. The number of hydrogen-bond donors (Lipinski definition) is 0. The second-order valence-electron chi connectivity index (χ2n) is 6.94. The minimum atomic E-state index is -0.563. The number of carbonyl (C=O) groups excluding carboxylic acids is 2. The summed E-state index contributed by atoms with van der Waals surface area (Å²) >= 11 is 0. The molecule has 1 saturated heterocycles. The van der Waals surface area contributed by atoms with Crippen molar-refractivity contribution in [3.63, 3.8) is 0 Å². The van der Waals surface area contributed by atoms with Crippen LogP contribution in [0.2, 0.25) is 0 Å². The van der Waals surface area contributed by atoms with Gasteiger partial charge >= 0.3 is 6.09 Å². The molecule has 1 fully saturated rings. The van der Waals surface area contributed by atoms with Crippen molar-refractivity contribution in [3.05, 3.63) is 35.9 Å². The van der Waals surface area contributed by atoms with Crippen LogP contribution >= 0.6 is 0 Å². The maximum atomic E-state index is 12.2. The van der Waals surface area contributed by atoms with E-state index in [-0.39, 0.29) is 5.92 Å². The number of carbonyl (C=O) groups is 2. The van der Waals surface area contributed by atoms with Crippen molar-refractivity contribution in [3.8, 4) is 0 Å². The molecule has 0 N–H and O–H groups in total. The Kier molecular flexibility index (Phi) is 5.77. The van der Waals surface area contributed by atoms with Crippen molar-refractivity contribution < 1.29 is 19.1 Å². The predicted molar refractivity (Wildman–Crippen MR) is 87.0 cm³/mol. The summed E-state index contributed by atoms with van der Waals surface area (Å²) in [5.74, 6) is 0.154. The Morgan fingerprint density at radius 2 is 2.00 bits per heavy atom. The van der Waals surface area contributed by atoms with E-state index in [0.29, 0.717) is 26.2 Å². The maximum Gasteiger partial charge on any atom is 0.410 e. The van der Waals surface area contributed by atoms with E-state index >= 15 is 0 Å². The molecule has 2 unspecified atom stereocenters. The van der Waals surface area contributed by atoms with Crippen LogP contribution in [0.15, 0.2) is 30.3 Å². The van der Waals surface area contributed by atoms with E-state index in [4.69, 9.17) is 9.47 Å². The van der Waals surface area contributed by atoms with Gasteiger partial charge in [0.2, 0.25) is 0 Å². The second kappa shape index (κ2) is 7.59. The lowest BCUT2D eigenvalue weighted by Gasteiger charge is -2.26. The number of amides is 1. The van der Waals surface area contributed by atoms with E-state index in [1.165, 1.54) is 4.90 Å². The predicted octanol–water partition coefficient (Wildman–Crippen LogP) is 3.03. The molecule has 0 radical (unpaired) electrons. The first-order valence-corrected chi connectivity index (χ1v) is 7.95. The van der Waals surface area contributed by atoms with Crippen LogP contribution in [0.3, 0.4) is 0 Å². The van der Waals surface area contributed by atoms with Crippen LogP contribution in [0, 0.1) is 5.92 Å². The molecule has 1 aromatic rings. The summed E-state index contributed by atoms with van der Waals surface area (Å²) in [6.45, 7) is 7.01. The van der Waals surface area contributed by atoms with Crippen molar-refractivity contribution in [2.75, 3.05) is 13.2 Å². The fraction of sp³-hybridized carbons (Fsp3) is 0.556. The van der Waals surface area contributed by atoms with Crippen LogP contribution in [-0.2, 0) is 20.9 Å². The van der Waals surface area contributed by atoms with Gasteiger partial charge in [0.25, 0.3) is 0 Å². The molecule has 1 aliphatic heterocycles. The van der Waals surface area contributed by atoms with Gasteiger partial charge in [0.05, 0.1) is 19.3 Å². The van der Waals surface area contributed by atoms with Crippen LogP contribution in [0.1, 0.15) is 32.8 Å². The van der Waals surface area contributed by atoms with E-state index in [9.17, 15) is 9.59 Å². The van der Waals surface area contributed by atoms with Gasteiger partial charge in [-0.15, -0.1) is 0 Å². The minimum absolute atomic E-state index is 0.154. The molecule has 0 spiro atoms. The molecule has 1 aliphatic rings. The zero-order chi connectivity index (χ0) is 16.9. The number of benzene rings is 1. The summed E-state index contributed by atoms with van der Waals surface area (Å²) in [4.78, 5) is 24.9. The monoisotopic (exact) mass is 319 g/mol. The van der Waals surface area contributed by atoms with Crippen LogP contribution in [0.5, 0.6) is 0 Å². The molecular weight excluding hydrogens is 294 g/mol. The van der Waals surface area contributed by atoms with E-state index in [1.807, 2.05) is 51.1 Å². The summed E-state index contributed by atoms with van der Waals surface area (Å²) in [6.07, 6.45) is 1.01. The number of likely N-dealkylation sites (tertiary alicyclic amines) is 1. The van der Waals surface area contributed by atoms with Gasteiger partial charge in [0, 0.05) is 12.5 Å². The number of rotatable bonds is 5. The average Bonchev–Trinajstić information content (AvgIpc) is 2.90. The topological polar surface area (TPSA) is 55.8 Å². The van der Waals surface area contributed by atoms with E-state index in [0.717, 1.165) is 11.8 Å². The summed E-state index contributed by atoms with van der Waals surface area (Å²) in [5.41, 5.74) is 0.549. The molecular formula is C18H25NO4. The molecule has 1 amide bonds. The van der Waals surface area contributed by atoms with Gasteiger partial charge in [-0.25, -0.2) is 4.79 Å². The minimum Gasteiger partial charge on any atom is -0.444 e. The van der Waals surface area contributed by atoms with Gasteiger partial charge in [0.1, 0.15) is 11.9 Å². The second-order valence-corrected chi connectivity index (χ2v) is 6.94. The average molecular weight is 319 g/mol. The van der Waals surface area contributed by atoms with Crippen molar-refractivity contribution in [2.45, 2.75) is 45.4 Å². The Morgan fingerprint density at radius 1 is 1.30 bits per heavy atom. The highest BCUT2D eigenvalue weighted by atomic mass is 16.6. The molecule has 0 aliphatic carbocycles. The first kappa shape index (κ1) is 17.5. The highest BCUT2D eigenvalue weighted by Crippen LogP contribution is 2.25. The SMILES string of the molecule is CC(C)(C)OC(=O)N1CC(COCc2ccccc2)CC1C=O. The fourth-order valence-corrected chi connectivity index (χ4v) is 2.65. The smallest absolute Gasteiger partial charge is 0.410 e. The normalized spacial score (nSPS) is 21.3. The molecule has 1 aromatic carbocycles. The van der Waals surface area contributed by atoms with Gasteiger partial charge in [-0.3, -0.25) is 4.90 Å². The van der Waals surface area contributed by atoms with Gasteiger partial charge < -0.3 is 14.3 Å². The quantitative estimate of drug-likeness (QED) is 0.783. The van der Waals surface area contributed by atoms with Gasteiger partial charge in [-0.2, -0.15) is 0 Å². The van der Waals surface area contributed by atoms with E-state index in [2.05, 4.69) is 0 Å². The molecule has 1 heterocycles. The number of hydrogen-bond acceptors (Lipinski definition) is 4. The van der Waals surface area contributed by atoms with Crippen molar-refractivity contribution in [1.29, 1.82) is 0 Å². The Balaban J connectivity index is 1.83. The zero-order valence-electron chi connectivity index (χ0n) is 14.0. The Hall–Kier alpha value is -1.88. The molecule has 5 nitrogen and oxygen atoms in total. The van der Waals surface area contributed by atoms with Crippen LogP contribution in [0.4, 0.5) is 4.79 Å². The summed E-state index contributed by atoms with van der Waals surface area (Å²) < 4.78 is 11.1. The van der Waals surface area contributed by atoms with E-state index < -0.39 is 17.7 Å². The third-order valence-corrected chi connectivity index (χ3v) is 3.68. The first-order valence-electron chi connectivity index (χ1n) is 7.95. The third kappa shape index (κ3) is 5.36. The van der Waals surface area contributed by atoms with Gasteiger partial charge in [0.15, 0.2) is 0 Å². The number of ether oxygens (including phenoxy) is 2. The van der Waals surface area contributed by atoms with Crippen molar-refractivity contribution in [2.24, 2.45) is 5.92 Å². The summed E-state index contributed by atoms with van der Waals surface area (Å²) in [5, 5.41) is 0. The number of aldehydes is 1. The van der Waals surface area contributed by atoms with Crippen LogP contribution < -0.4 is 0 Å². The third-order valence-electron chi connectivity index (χ3n) is 3.68. The number of nitrogens with zero attached hydrogens (tertiary/aromatic N) is 1. The zero-order valence-corrected chi connectivity index (χ0v) is 14.0. The Bertz CT molecular complexity index is 524. The Morgan fingerprint density at radius 3 is 2.61 bits per heavy atom. The lowest BCUT2D eigenvalue weighted by Crippen LogP contribution is -2.40. The molecule has 5 heteroatoms. The lowest BCUT2D eigenvalue weighted by atomic mass is 10.1. The Labute approximate surface area is 137 Å². The molecule has 126 valence electrons. The van der Waals surface area contributed by atoms with Crippen LogP contribution in [-0.4, -0.2) is 42.1 Å². The summed E-state index contributed by atoms with van der Waals surface area (Å²) in [6, 6.07) is 9.51. The molecule has 0 saturated carbocycles. The summed E-state index contributed by atoms with van der Waals surface area (Å²) in [7, 11) is 0. The van der Waals surface area contributed by atoms with Crippen molar-refractivity contribution in [1.82, 2.24) is 4.90 Å². The maximum absolute atomic E-state index is 12.2. The van der Waals surface area contributed by atoms with E-state index in [1.54, 1.807) is 0 Å². The molecule has 2 atom stereocenters. The largest absolute Gasteiger partial charge is 0.444 e. The highest BCUT2D eigenvalue weighted by Gasteiger charge is 2.37. The molecule has 2 rings (SSSR count). The standard InChI is InChI=1S/C18H25NO4/c1-18(2,3)23-17(21)19-10-15(9-16(19)11-20)13-22-12-14-7-5-4-6-8-14/h4-8,11,15-16H,9-10,12-13H2,1-3H3. The highest BCUT2D eigenvalue weighted by molar-refractivity contribution is 5.74. The molecule has 0 bridgehead atoms. The van der Waals surface area contributed by atoms with Gasteiger partial charge in [-0.05, 0) is 32.8 Å². The fourth-order valence-electron chi connectivity index (χ4n) is 2.65.